The van der Waals surface area contributed by atoms with Crippen molar-refractivity contribution in [1.82, 2.24) is 10.3 Å². The fraction of sp³-hybridized carbons (Fsp3) is 0.357. The second kappa shape index (κ2) is 6.07. The van der Waals surface area contributed by atoms with Crippen LogP contribution in [0, 0.1) is 5.82 Å². The zero-order valence-electron chi connectivity index (χ0n) is 10.6. The Morgan fingerprint density at radius 2 is 2.22 bits per heavy atom. The molecule has 0 aliphatic heterocycles. The molecular weight excluding hydrogens is 247 g/mol. The predicted octanol–water partition coefficient (Wildman–Crippen LogP) is 3.37. The summed E-state index contributed by atoms with van der Waals surface area (Å²) in [4.78, 5) is 4.19. The van der Waals surface area contributed by atoms with E-state index in [2.05, 4.69) is 24.1 Å². The maximum absolute atomic E-state index is 13.7. The number of thiazole rings is 1. The fourth-order valence-corrected chi connectivity index (χ4v) is 2.34. The first kappa shape index (κ1) is 13.2. The van der Waals surface area contributed by atoms with E-state index in [-0.39, 0.29) is 5.82 Å². The van der Waals surface area contributed by atoms with E-state index in [1.807, 2.05) is 17.5 Å². The van der Waals surface area contributed by atoms with Crippen LogP contribution in [-0.4, -0.2) is 11.0 Å². The first-order chi connectivity index (χ1) is 8.65. The zero-order chi connectivity index (χ0) is 13.0. The molecule has 0 saturated carbocycles. The van der Waals surface area contributed by atoms with Gasteiger partial charge in [-0.3, -0.25) is 0 Å². The summed E-state index contributed by atoms with van der Waals surface area (Å²) in [7, 11) is 0. The van der Waals surface area contributed by atoms with Gasteiger partial charge in [-0.05, 0) is 17.2 Å². The molecule has 1 aromatic heterocycles. The molecule has 0 radical (unpaired) electrons. The summed E-state index contributed by atoms with van der Waals surface area (Å²) in [5, 5.41) is 6.19. The summed E-state index contributed by atoms with van der Waals surface area (Å²) in [6.07, 6.45) is 2.32. The van der Waals surface area contributed by atoms with E-state index in [9.17, 15) is 4.39 Å². The van der Waals surface area contributed by atoms with Crippen molar-refractivity contribution in [2.45, 2.75) is 32.9 Å². The lowest BCUT2D eigenvalue weighted by Crippen LogP contribution is -2.21. The van der Waals surface area contributed by atoms with Gasteiger partial charge in [-0.15, -0.1) is 11.3 Å². The molecule has 1 aromatic carbocycles. The van der Waals surface area contributed by atoms with Crippen molar-refractivity contribution in [2.75, 3.05) is 0 Å². The molecule has 18 heavy (non-hydrogen) atoms. The van der Waals surface area contributed by atoms with Crippen molar-refractivity contribution in [3.05, 3.63) is 51.7 Å². The van der Waals surface area contributed by atoms with Crippen molar-refractivity contribution in [2.24, 2.45) is 0 Å². The number of hydrogen-bond donors (Lipinski definition) is 1. The molecule has 0 aliphatic carbocycles. The van der Waals surface area contributed by atoms with Crippen LogP contribution in [0.5, 0.6) is 0 Å². The Bertz CT molecular complexity index is 495. The minimum Gasteiger partial charge on any atom is -0.310 e. The zero-order valence-corrected chi connectivity index (χ0v) is 11.4. The Kier molecular flexibility index (Phi) is 4.44. The smallest absolute Gasteiger partial charge is 0.126 e. The van der Waals surface area contributed by atoms with Gasteiger partial charge in [0.1, 0.15) is 5.82 Å². The molecule has 2 aromatic rings. The molecule has 0 bridgehead atoms. The van der Waals surface area contributed by atoms with Gasteiger partial charge >= 0.3 is 0 Å². The number of rotatable bonds is 5. The molecule has 0 atom stereocenters. The van der Waals surface area contributed by atoms with Crippen LogP contribution in [0.15, 0.2) is 29.8 Å². The third-order valence-corrected chi connectivity index (χ3v) is 3.43. The molecular formula is C14H17FN2S. The molecule has 4 heteroatoms. The van der Waals surface area contributed by atoms with Gasteiger partial charge in [-0.2, -0.15) is 0 Å². The average molecular weight is 264 g/mol. The molecule has 2 nitrogen and oxygen atoms in total. The summed E-state index contributed by atoms with van der Waals surface area (Å²) in [6.45, 7) is 4.96. The highest BCUT2D eigenvalue weighted by atomic mass is 32.1. The van der Waals surface area contributed by atoms with Crippen LogP contribution in [0.1, 0.15) is 30.0 Å². The number of nitrogens with zero attached hydrogens (tertiary/aromatic N) is 1. The molecule has 0 spiro atoms. The van der Waals surface area contributed by atoms with E-state index >= 15 is 0 Å². The summed E-state index contributed by atoms with van der Waals surface area (Å²) in [5.41, 5.74) is 1.82. The molecule has 1 N–H and O–H groups in total. The van der Waals surface area contributed by atoms with Crippen LogP contribution in [0.3, 0.4) is 0 Å². The molecule has 0 fully saturated rings. The molecule has 0 amide bonds. The maximum Gasteiger partial charge on any atom is 0.126 e. The van der Waals surface area contributed by atoms with Crippen LogP contribution in [0.4, 0.5) is 4.39 Å². The number of nitrogens with one attached hydrogen (secondary N) is 1. The molecule has 2 rings (SSSR count). The monoisotopic (exact) mass is 264 g/mol. The van der Waals surface area contributed by atoms with Crippen LogP contribution >= 0.6 is 11.3 Å². The van der Waals surface area contributed by atoms with Crippen LogP contribution < -0.4 is 5.32 Å². The van der Waals surface area contributed by atoms with Gasteiger partial charge in [0, 0.05) is 30.6 Å². The average Bonchev–Trinajstić information content (AvgIpc) is 2.83. The van der Waals surface area contributed by atoms with Crippen molar-refractivity contribution in [1.29, 1.82) is 0 Å². The minimum atomic E-state index is -0.154. The fourth-order valence-electron chi connectivity index (χ4n) is 1.70. The highest BCUT2D eigenvalue weighted by Crippen LogP contribution is 2.17. The Hall–Kier alpha value is -1.26. The number of halogens is 1. The van der Waals surface area contributed by atoms with Crippen molar-refractivity contribution in [3.63, 3.8) is 0 Å². The Morgan fingerprint density at radius 1 is 1.39 bits per heavy atom. The van der Waals surface area contributed by atoms with Gasteiger partial charge in [0.25, 0.3) is 0 Å². The third kappa shape index (κ3) is 3.62. The van der Waals surface area contributed by atoms with Crippen molar-refractivity contribution < 1.29 is 4.39 Å². The molecule has 96 valence electrons. The number of hydrogen-bond acceptors (Lipinski definition) is 3. The number of benzene rings is 1. The summed E-state index contributed by atoms with van der Waals surface area (Å²) >= 11 is 1.56. The SMILES string of the molecule is CC(C)NCc1ccc(F)c(Cc2nccs2)c1. The first-order valence-electron chi connectivity index (χ1n) is 6.04. The van der Waals surface area contributed by atoms with Crippen LogP contribution in [0.25, 0.3) is 0 Å². The van der Waals surface area contributed by atoms with E-state index < -0.39 is 0 Å². The lowest BCUT2D eigenvalue weighted by atomic mass is 10.1. The Morgan fingerprint density at radius 3 is 2.89 bits per heavy atom. The van der Waals surface area contributed by atoms with E-state index in [4.69, 9.17) is 0 Å². The van der Waals surface area contributed by atoms with Gasteiger partial charge in [0.15, 0.2) is 0 Å². The summed E-state index contributed by atoms with van der Waals surface area (Å²) in [5.74, 6) is -0.154. The standard InChI is InChI=1S/C14H17FN2S/c1-10(2)17-9-11-3-4-13(15)12(7-11)8-14-16-5-6-18-14/h3-7,10,17H,8-9H2,1-2H3. The Labute approximate surface area is 111 Å². The molecule has 0 saturated heterocycles. The first-order valence-corrected chi connectivity index (χ1v) is 6.92. The van der Waals surface area contributed by atoms with Gasteiger partial charge in [-0.25, -0.2) is 9.37 Å². The minimum absolute atomic E-state index is 0.154. The van der Waals surface area contributed by atoms with Gasteiger partial charge in [0.2, 0.25) is 0 Å². The maximum atomic E-state index is 13.7. The van der Waals surface area contributed by atoms with Crippen LogP contribution in [0.2, 0.25) is 0 Å². The number of aromatic nitrogens is 1. The van der Waals surface area contributed by atoms with Gasteiger partial charge < -0.3 is 5.32 Å². The lowest BCUT2D eigenvalue weighted by Gasteiger charge is -2.09. The predicted molar refractivity (Wildman–Crippen MR) is 73.3 cm³/mol. The largest absolute Gasteiger partial charge is 0.310 e. The van der Waals surface area contributed by atoms with Gasteiger partial charge in [0.05, 0.1) is 5.01 Å². The van der Waals surface area contributed by atoms with E-state index in [1.54, 1.807) is 23.6 Å². The highest BCUT2D eigenvalue weighted by molar-refractivity contribution is 7.09. The Balaban J connectivity index is 2.11. The quantitative estimate of drug-likeness (QED) is 0.895. The third-order valence-electron chi connectivity index (χ3n) is 2.65. The normalized spacial score (nSPS) is 11.1. The molecule has 0 unspecified atom stereocenters. The van der Waals surface area contributed by atoms with Crippen molar-refractivity contribution >= 4 is 11.3 Å². The second-order valence-electron chi connectivity index (χ2n) is 4.56. The van der Waals surface area contributed by atoms with E-state index in [1.165, 1.54) is 0 Å². The molecule has 1 heterocycles. The van der Waals surface area contributed by atoms with Crippen LogP contribution in [-0.2, 0) is 13.0 Å². The second-order valence-corrected chi connectivity index (χ2v) is 5.54. The topological polar surface area (TPSA) is 24.9 Å². The van der Waals surface area contributed by atoms with E-state index in [0.717, 1.165) is 17.1 Å². The molecule has 0 aliphatic rings. The highest BCUT2D eigenvalue weighted by Gasteiger charge is 2.06. The summed E-state index contributed by atoms with van der Waals surface area (Å²) in [6, 6.07) is 5.72. The van der Waals surface area contributed by atoms with E-state index in [0.29, 0.717) is 18.0 Å². The lowest BCUT2D eigenvalue weighted by molar-refractivity contribution is 0.583. The van der Waals surface area contributed by atoms with Crippen molar-refractivity contribution in [3.8, 4) is 0 Å². The van der Waals surface area contributed by atoms with Gasteiger partial charge in [-0.1, -0.05) is 26.0 Å². The summed E-state index contributed by atoms with van der Waals surface area (Å²) < 4.78 is 13.7.